The molecule has 2 unspecified atom stereocenters. The number of hydrogen-bond donors (Lipinski definition) is 0. The number of rotatable bonds is 1. The lowest BCUT2D eigenvalue weighted by Crippen LogP contribution is -2.56. The van der Waals surface area contributed by atoms with Crippen molar-refractivity contribution in [3.8, 4) is 0 Å². The quantitative estimate of drug-likeness (QED) is 0.782. The van der Waals surface area contributed by atoms with Gasteiger partial charge in [-0.2, -0.15) is 0 Å². The van der Waals surface area contributed by atoms with Crippen LogP contribution in [0.2, 0.25) is 0 Å². The van der Waals surface area contributed by atoms with E-state index < -0.39 is 5.60 Å². The average Bonchev–Trinajstić information content (AvgIpc) is 2.87. The van der Waals surface area contributed by atoms with Crippen LogP contribution in [0.25, 0.3) is 0 Å². The first-order valence-electron chi connectivity index (χ1n) is 9.03. The van der Waals surface area contributed by atoms with Crippen molar-refractivity contribution in [2.24, 2.45) is 0 Å². The zero-order chi connectivity index (χ0) is 18.4. The second kappa shape index (κ2) is 6.36. The third-order valence-electron chi connectivity index (χ3n) is 5.03. The van der Waals surface area contributed by atoms with Gasteiger partial charge in [0, 0.05) is 19.5 Å². The zero-order valence-corrected chi connectivity index (χ0v) is 15.8. The number of carbonyl (C=O) groups is 2. The Morgan fingerprint density at radius 1 is 1.20 bits per heavy atom. The van der Waals surface area contributed by atoms with E-state index in [0.29, 0.717) is 19.5 Å². The summed E-state index contributed by atoms with van der Waals surface area (Å²) in [5.41, 5.74) is 2.92. The van der Waals surface area contributed by atoms with E-state index in [0.717, 1.165) is 17.5 Å². The minimum absolute atomic E-state index is 0.0372. The van der Waals surface area contributed by atoms with Gasteiger partial charge in [-0.1, -0.05) is 23.8 Å². The Kier molecular flexibility index (Phi) is 4.52. The lowest BCUT2D eigenvalue weighted by Gasteiger charge is -2.45. The largest absolute Gasteiger partial charge is 0.444 e. The molecule has 2 aliphatic rings. The van der Waals surface area contributed by atoms with Crippen LogP contribution >= 0.6 is 0 Å². The molecule has 2 saturated heterocycles. The molecule has 0 spiro atoms. The maximum atomic E-state index is 12.8. The molecule has 0 N–H and O–H groups in total. The van der Waals surface area contributed by atoms with Gasteiger partial charge in [-0.15, -0.1) is 0 Å². The van der Waals surface area contributed by atoms with Crippen LogP contribution in [0.5, 0.6) is 0 Å². The number of hydrogen-bond acceptors (Lipinski definition) is 3. The highest BCUT2D eigenvalue weighted by molar-refractivity contribution is 5.80. The van der Waals surface area contributed by atoms with E-state index >= 15 is 0 Å². The number of piperazine rings is 1. The summed E-state index contributed by atoms with van der Waals surface area (Å²) in [6, 6.07) is 6.20. The van der Waals surface area contributed by atoms with E-state index in [-0.39, 0.29) is 24.1 Å². The molecule has 0 bridgehead atoms. The Morgan fingerprint density at radius 2 is 1.92 bits per heavy atom. The smallest absolute Gasteiger partial charge is 0.410 e. The molecule has 2 atom stereocenters. The highest BCUT2D eigenvalue weighted by Crippen LogP contribution is 2.39. The molecule has 5 heteroatoms. The van der Waals surface area contributed by atoms with E-state index in [1.165, 1.54) is 5.56 Å². The fourth-order valence-electron chi connectivity index (χ4n) is 3.99. The SMILES string of the molecule is Cc1ccc(C2C3CCC(=O)N3CCN2C(=O)OC(C)(C)C)c(C)c1. The van der Waals surface area contributed by atoms with Crippen molar-refractivity contribution < 1.29 is 14.3 Å². The van der Waals surface area contributed by atoms with Crippen LogP contribution in [0.3, 0.4) is 0 Å². The maximum absolute atomic E-state index is 12.8. The molecular formula is C20H28N2O3. The highest BCUT2D eigenvalue weighted by atomic mass is 16.6. The summed E-state index contributed by atoms with van der Waals surface area (Å²) in [5, 5.41) is 0. The summed E-state index contributed by atoms with van der Waals surface area (Å²) in [4.78, 5) is 28.8. The molecule has 0 aliphatic carbocycles. The summed E-state index contributed by atoms with van der Waals surface area (Å²) in [7, 11) is 0. The van der Waals surface area contributed by atoms with Crippen LogP contribution in [0.4, 0.5) is 4.79 Å². The summed E-state index contributed by atoms with van der Waals surface area (Å²) < 4.78 is 5.65. The van der Waals surface area contributed by atoms with E-state index in [2.05, 4.69) is 32.0 Å². The fourth-order valence-corrected chi connectivity index (χ4v) is 3.99. The lowest BCUT2D eigenvalue weighted by atomic mass is 9.90. The first-order valence-corrected chi connectivity index (χ1v) is 9.03. The van der Waals surface area contributed by atoms with Crippen LogP contribution in [-0.4, -0.2) is 46.5 Å². The number of nitrogens with zero attached hydrogens (tertiary/aromatic N) is 2. The number of ether oxygens (including phenoxy) is 1. The first-order chi connectivity index (χ1) is 11.7. The number of amides is 2. The van der Waals surface area contributed by atoms with Crippen molar-refractivity contribution in [2.45, 2.75) is 65.1 Å². The summed E-state index contributed by atoms with van der Waals surface area (Å²) in [6.07, 6.45) is 1.06. The van der Waals surface area contributed by atoms with Crippen molar-refractivity contribution >= 4 is 12.0 Å². The third kappa shape index (κ3) is 3.51. The van der Waals surface area contributed by atoms with Gasteiger partial charge in [0.25, 0.3) is 0 Å². The summed E-state index contributed by atoms with van der Waals surface area (Å²) in [6.45, 7) is 10.9. The molecule has 2 aliphatic heterocycles. The third-order valence-corrected chi connectivity index (χ3v) is 5.03. The predicted octanol–water partition coefficient (Wildman–Crippen LogP) is 3.59. The normalized spacial score (nSPS) is 23.6. The van der Waals surface area contributed by atoms with E-state index in [9.17, 15) is 9.59 Å². The van der Waals surface area contributed by atoms with Crippen molar-refractivity contribution in [1.29, 1.82) is 0 Å². The minimum atomic E-state index is -0.535. The molecule has 5 nitrogen and oxygen atoms in total. The molecule has 136 valence electrons. The van der Waals surface area contributed by atoms with Crippen LogP contribution < -0.4 is 0 Å². The van der Waals surface area contributed by atoms with Crippen molar-refractivity contribution in [3.05, 3.63) is 34.9 Å². The Bertz CT molecular complexity index is 693. The molecule has 2 fully saturated rings. The van der Waals surface area contributed by atoms with E-state index in [1.54, 1.807) is 0 Å². The molecule has 2 heterocycles. The van der Waals surface area contributed by atoms with Gasteiger partial charge in [-0.3, -0.25) is 9.69 Å². The maximum Gasteiger partial charge on any atom is 0.410 e. The van der Waals surface area contributed by atoms with Gasteiger partial charge in [0.1, 0.15) is 5.60 Å². The molecule has 25 heavy (non-hydrogen) atoms. The number of carbonyl (C=O) groups excluding carboxylic acids is 2. The first kappa shape index (κ1) is 17.8. The number of aryl methyl sites for hydroxylation is 2. The second-order valence-corrected chi connectivity index (χ2v) is 8.17. The molecule has 0 radical (unpaired) electrons. The molecule has 0 saturated carbocycles. The van der Waals surface area contributed by atoms with E-state index in [4.69, 9.17) is 4.74 Å². The van der Waals surface area contributed by atoms with Crippen LogP contribution in [0.1, 0.15) is 56.3 Å². The van der Waals surface area contributed by atoms with Gasteiger partial charge in [-0.05, 0) is 52.2 Å². The molecule has 1 aromatic rings. The molecule has 0 aromatic heterocycles. The Hall–Kier alpha value is -2.04. The summed E-state index contributed by atoms with van der Waals surface area (Å²) >= 11 is 0. The predicted molar refractivity (Wildman–Crippen MR) is 96.3 cm³/mol. The van der Waals surface area contributed by atoms with Gasteiger partial charge in [0.05, 0.1) is 12.1 Å². The Balaban J connectivity index is 1.99. The lowest BCUT2D eigenvalue weighted by molar-refractivity contribution is -0.132. The monoisotopic (exact) mass is 344 g/mol. The summed E-state index contributed by atoms with van der Waals surface area (Å²) in [5.74, 6) is 0.198. The van der Waals surface area contributed by atoms with Crippen molar-refractivity contribution in [2.75, 3.05) is 13.1 Å². The van der Waals surface area contributed by atoms with Gasteiger partial charge in [0.15, 0.2) is 0 Å². The second-order valence-electron chi connectivity index (χ2n) is 8.17. The van der Waals surface area contributed by atoms with Gasteiger partial charge in [-0.25, -0.2) is 4.79 Å². The van der Waals surface area contributed by atoms with E-state index in [1.807, 2.05) is 30.6 Å². The Morgan fingerprint density at radius 3 is 2.56 bits per heavy atom. The molecular weight excluding hydrogens is 316 g/mol. The van der Waals surface area contributed by atoms with Crippen molar-refractivity contribution in [1.82, 2.24) is 9.80 Å². The number of benzene rings is 1. The highest BCUT2D eigenvalue weighted by Gasteiger charge is 2.46. The number of fused-ring (bicyclic) bond motifs is 1. The van der Waals surface area contributed by atoms with Crippen molar-refractivity contribution in [3.63, 3.8) is 0 Å². The van der Waals surface area contributed by atoms with Gasteiger partial charge in [0.2, 0.25) is 5.91 Å². The van der Waals surface area contributed by atoms with Crippen LogP contribution in [-0.2, 0) is 9.53 Å². The van der Waals surface area contributed by atoms with Gasteiger partial charge < -0.3 is 9.64 Å². The van der Waals surface area contributed by atoms with Crippen LogP contribution in [0, 0.1) is 13.8 Å². The van der Waals surface area contributed by atoms with Crippen LogP contribution in [0.15, 0.2) is 18.2 Å². The molecule has 2 amide bonds. The fraction of sp³-hybridized carbons (Fsp3) is 0.600. The Labute approximate surface area is 149 Å². The average molecular weight is 344 g/mol. The zero-order valence-electron chi connectivity index (χ0n) is 15.8. The van der Waals surface area contributed by atoms with Gasteiger partial charge >= 0.3 is 6.09 Å². The molecule has 1 aromatic carbocycles. The molecule has 3 rings (SSSR count). The topological polar surface area (TPSA) is 49.9 Å². The standard InChI is InChI=1S/C20H28N2O3/c1-13-6-7-15(14(2)12-13)18-16-8-9-17(23)21(16)10-11-22(18)19(24)25-20(3,4)5/h6-7,12,16,18H,8-11H2,1-5H3. The minimum Gasteiger partial charge on any atom is -0.444 e.